The molecule has 0 amide bonds. The molecule has 1 rings (SSSR count). The first-order valence-electron chi connectivity index (χ1n) is 5.60. The van der Waals surface area contributed by atoms with E-state index in [1.54, 1.807) is 11.8 Å². The molecular weight excluding hydrogens is 234 g/mol. The molecule has 1 aromatic rings. The molecule has 0 fully saturated rings. The molecule has 0 saturated heterocycles. The van der Waals surface area contributed by atoms with Gasteiger partial charge in [0.2, 0.25) is 0 Å². The Morgan fingerprint density at radius 3 is 2.47 bits per heavy atom. The van der Waals surface area contributed by atoms with Crippen LogP contribution < -0.4 is 0 Å². The number of carboxylic acids is 1. The highest BCUT2D eigenvalue weighted by Gasteiger charge is 2.12. The Balaban J connectivity index is 2.60. The van der Waals surface area contributed by atoms with E-state index in [4.69, 9.17) is 5.11 Å². The third kappa shape index (κ3) is 4.40. The van der Waals surface area contributed by atoms with E-state index < -0.39 is 5.97 Å². The van der Waals surface area contributed by atoms with Crippen LogP contribution in [0.5, 0.6) is 0 Å². The molecule has 17 heavy (non-hydrogen) atoms. The zero-order valence-corrected chi connectivity index (χ0v) is 11.3. The fraction of sp³-hybridized carbons (Fsp3) is 0.462. The van der Waals surface area contributed by atoms with Crippen molar-refractivity contribution in [2.75, 3.05) is 19.8 Å². The summed E-state index contributed by atoms with van der Waals surface area (Å²) >= 11 is 1.72. The average molecular weight is 253 g/mol. The van der Waals surface area contributed by atoms with Crippen LogP contribution >= 0.6 is 11.8 Å². The molecule has 0 saturated carbocycles. The lowest BCUT2D eigenvalue weighted by Gasteiger charge is -2.24. The fourth-order valence-electron chi connectivity index (χ4n) is 1.60. The molecule has 0 radical (unpaired) electrons. The van der Waals surface area contributed by atoms with Crippen LogP contribution in [0.15, 0.2) is 29.2 Å². The van der Waals surface area contributed by atoms with Gasteiger partial charge >= 0.3 is 5.97 Å². The van der Waals surface area contributed by atoms with Gasteiger partial charge in [-0.2, -0.15) is 0 Å². The molecule has 1 atom stereocenters. The number of thioether (sulfide) groups is 1. The molecule has 94 valence electrons. The first-order chi connectivity index (χ1) is 8.04. The van der Waals surface area contributed by atoms with Crippen molar-refractivity contribution in [3.05, 3.63) is 29.8 Å². The SMILES string of the molecule is CSc1ccc(C(C)N(C)CCC(=O)O)cc1. The average Bonchev–Trinajstić information content (AvgIpc) is 2.35. The Bertz CT molecular complexity index is 364. The van der Waals surface area contributed by atoms with Gasteiger partial charge in [0.05, 0.1) is 6.42 Å². The van der Waals surface area contributed by atoms with Crippen LogP contribution in [0, 0.1) is 0 Å². The highest BCUT2D eigenvalue weighted by atomic mass is 32.2. The minimum absolute atomic E-state index is 0.184. The third-order valence-electron chi connectivity index (χ3n) is 2.94. The Hall–Kier alpha value is -1.00. The minimum Gasteiger partial charge on any atom is -0.481 e. The van der Waals surface area contributed by atoms with Crippen molar-refractivity contribution in [1.82, 2.24) is 4.90 Å². The molecule has 0 aromatic heterocycles. The van der Waals surface area contributed by atoms with Crippen molar-refractivity contribution in [2.45, 2.75) is 24.3 Å². The molecule has 4 heteroatoms. The van der Waals surface area contributed by atoms with Gasteiger partial charge in [-0.25, -0.2) is 0 Å². The van der Waals surface area contributed by atoms with E-state index in [0.717, 1.165) is 0 Å². The van der Waals surface area contributed by atoms with Crippen LogP contribution in [-0.2, 0) is 4.79 Å². The van der Waals surface area contributed by atoms with E-state index in [1.807, 2.05) is 7.05 Å². The van der Waals surface area contributed by atoms with Gasteiger partial charge < -0.3 is 5.11 Å². The minimum atomic E-state index is -0.748. The maximum atomic E-state index is 10.5. The van der Waals surface area contributed by atoms with E-state index in [9.17, 15) is 4.79 Å². The Morgan fingerprint density at radius 2 is 2.00 bits per heavy atom. The van der Waals surface area contributed by atoms with Gasteiger partial charge in [-0.3, -0.25) is 9.69 Å². The normalized spacial score (nSPS) is 12.7. The second kappa shape index (κ2) is 6.67. The zero-order chi connectivity index (χ0) is 12.8. The summed E-state index contributed by atoms with van der Waals surface area (Å²) in [7, 11) is 1.95. The summed E-state index contributed by atoms with van der Waals surface area (Å²) in [6.07, 6.45) is 2.24. The summed E-state index contributed by atoms with van der Waals surface area (Å²) in [5.74, 6) is -0.748. The van der Waals surface area contributed by atoms with Crippen LogP contribution in [0.1, 0.15) is 24.9 Å². The second-order valence-corrected chi connectivity index (χ2v) is 4.95. The Morgan fingerprint density at radius 1 is 1.41 bits per heavy atom. The summed E-state index contributed by atoms with van der Waals surface area (Å²) in [6.45, 7) is 2.66. The van der Waals surface area contributed by atoms with E-state index in [1.165, 1.54) is 10.5 Å². The van der Waals surface area contributed by atoms with Gasteiger partial charge in [-0.15, -0.1) is 11.8 Å². The number of carbonyl (C=O) groups is 1. The fourth-order valence-corrected chi connectivity index (χ4v) is 2.01. The van der Waals surface area contributed by atoms with Gasteiger partial charge in [-0.05, 0) is 37.9 Å². The van der Waals surface area contributed by atoms with Gasteiger partial charge in [0.1, 0.15) is 0 Å². The molecule has 1 N–H and O–H groups in total. The molecule has 0 aliphatic carbocycles. The van der Waals surface area contributed by atoms with Crippen molar-refractivity contribution < 1.29 is 9.90 Å². The molecule has 0 aliphatic rings. The number of aliphatic carboxylic acids is 1. The standard InChI is InChI=1S/C13H19NO2S/c1-10(14(2)9-8-13(15)16)11-4-6-12(17-3)7-5-11/h4-7,10H,8-9H2,1-3H3,(H,15,16). The number of rotatable bonds is 6. The Labute approximate surface area is 107 Å². The van der Waals surface area contributed by atoms with Crippen LogP contribution in [0.2, 0.25) is 0 Å². The lowest BCUT2D eigenvalue weighted by Crippen LogP contribution is -2.25. The molecule has 0 spiro atoms. The highest BCUT2D eigenvalue weighted by Crippen LogP contribution is 2.22. The van der Waals surface area contributed by atoms with E-state index in [-0.39, 0.29) is 12.5 Å². The van der Waals surface area contributed by atoms with Crippen molar-refractivity contribution in [2.24, 2.45) is 0 Å². The van der Waals surface area contributed by atoms with Gasteiger partial charge in [0.15, 0.2) is 0 Å². The third-order valence-corrected chi connectivity index (χ3v) is 3.68. The van der Waals surface area contributed by atoms with Gasteiger partial charge in [0, 0.05) is 17.5 Å². The Kier molecular flexibility index (Phi) is 5.51. The van der Waals surface area contributed by atoms with Crippen LogP contribution in [0.3, 0.4) is 0 Å². The smallest absolute Gasteiger partial charge is 0.304 e. The predicted molar refractivity (Wildman–Crippen MR) is 71.5 cm³/mol. The predicted octanol–water partition coefficient (Wildman–Crippen LogP) is 2.88. The summed E-state index contributed by atoms with van der Waals surface area (Å²) in [5.41, 5.74) is 1.22. The van der Waals surface area contributed by atoms with Crippen molar-refractivity contribution >= 4 is 17.7 Å². The van der Waals surface area contributed by atoms with E-state index in [0.29, 0.717) is 6.54 Å². The molecule has 1 aromatic carbocycles. The number of carboxylic acid groups (broad SMARTS) is 1. The van der Waals surface area contributed by atoms with Crippen LogP contribution in [-0.4, -0.2) is 35.8 Å². The largest absolute Gasteiger partial charge is 0.481 e. The molecule has 0 bridgehead atoms. The maximum absolute atomic E-state index is 10.5. The van der Waals surface area contributed by atoms with Gasteiger partial charge in [0.25, 0.3) is 0 Å². The van der Waals surface area contributed by atoms with Gasteiger partial charge in [-0.1, -0.05) is 12.1 Å². The highest BCUT2D eigenvalue weighted by molar-refractivity contribution is 7.98. The summed E-state index contributed by atoms with van der Waals surface area (Å²) < 4.78 is 0. The lowest BCUT2D eigenvalue weighted by molar-refractivity contribution is -0.137. The summed E-state index contributed by atoms with van der Waals surface area (Å²) in [4.78, 5) is 13.8. The van der Waals surface area contributed by atoms with Crippen molar-refractivity contribution in [1.29, 1.82) is 0 Å². The number of nitrogens with zero attached hydrogens (tertiary/aromatic N) is 1. The van der Waals surface area contributed by atoms with E-state index >= 15 is 0 Å². The van der Waals surface area contributed by atoms with Crippen molar-refractivity contribution in [3.63, 3.8) is 0 Å². The topological polar surface area (TPSA) is 40.5 Å². The number of hydrogen-bond donors (Lipinski definition) is 1. The second-order valence-electron chi connectivity index (χ2n) is 4.07. The maximum Gasteiger partial charge on any atom is 0.304 e. The number of benzene rings is 1. The summed E-state index contributed by atoms with van der Waals surface area (Å²) in [5, 5.41) is 8.65. The number of hydrogen-bond acceptors (Lipinski definition) is 3. The molecular formula is C13H19NO2S. The zero-order valence-electron chi connectivity index (χ0n) is 10.5. The molecule has 1 unspecified atom stereocenters. The molecule has 0 aliphatic heterocycles. The molecule has 3 nitrogen and oxygen atoms in total. The quantitative estimate of drug-likeness (QED) is 0.791. The first kappa shape index (κ1) is 14.1. The van der Waals surface area contributed by atoms with Crippen molar-refractivity contribution in [3.8, 4) is 0 Å². The van der Waals surface area contributed by atoms with Crippen LogP contribution in [0.25, 0.3) is 0 Å². The monoisotopic (exact) mass is 253 g/mol. The summed E-state index contributed by atoms with van der Waals surface area (Å²) in [6, 6.07) is 8.65. The first-order valence-corrected chi connectivity index (χ1v) is 6.83. The van der Waals surface area contributed by atoms with Crippen LogP contribution in [0.4, 0.5) is 0 Å². The lowest BCUT2D eigenvalue weighted by atomic mass is 10.1. The van der Waals surface area contributed by atoms with E-state index in [2.05, 4.69) is 42.3 Å². The molecule has 0 heterocycles.